The molecule has 5 nitrogen and oxygen atoms in total. The number of hydrogen-bond acceptors (Lipinski definition) is 4. The van der Waals surface area contributed by atoms with Crippen molar-refractivity contribution in [3.63, 3.8) is 0 Å². The Morgan fingerprint density at radius 2 is 1.75 bits per heavy atom. The van der Waals surface area contributed by atoms with Crippen LogP contribution in [0.1, 0.15) is 11.1 Å². The average molecular weight is 328 g/mol. The van der Waals surface area contributed by atoms with Crippen molar-refractivity contribution in [2.45, 2.75) is 13.0 Å². The lowest BCUT2D eigenvalue weighted by atomic mass is 10.1. The van der Waals surface area contributed by atoms with Crippen molar-refractivity contribution in [1.82, 2.24) is 10.6 Å². The Hall–Kier alpha value is -2.53. The molecule has 128 valence electrons. The second-order valence-corrected chi connectivity index (χ2v) is 5.36. The van der Waals surface area contributed by atoms with Crippen LogP contribution in [0.2, 0.25) is 0 Å². The summed E-state index contributed by atoms with van der Waals surface area (Å²) in [7, 11) is 3.29. The van der Waals surface area contributed by atoms with Crippen molar-refractivity contribution in [2.24, 2.45) is 0 Å². The van der Waals surface area contributed by atoms with Crippen LogP contribution in [0.3, 0.4) is 0 Å². The van der Waals surface area contributed by atoms with E-state index in [1.54, 1.807) is 14.2 Å². The van der Waals surface area contributed by atoms with Crippen LogP contribution in [0.25, 0.3) is 0 Å². The molecule has 2 N–H and O–H groups in total. The Morgan fingerprint density at radius 3 is 2.46 bits per heavy atom. The SMILES string of the molecule is COc1ccc(CNCC(=O)NCCc2ccccc2OC)cc1. The van der Waals surface area contributed by atoms with E-state index in [4.69, 9.17) is 9.47 Å². The number of ether oxygens (including phenoxy) is 2. The molecule has 2 rings (SSSR count). The number of amides is 1. The quantitative estimate of drug-likeness (QED) is 0.740. The minimum absolute atomic E-state index is 0.0154. The highest BCUT2D eigenvalue weighted by Gasteiger charge is 2.04. The van der Waals surface area contributed by atoms with Crippen LogP contribution in [0.5, 0.6) is 11.5 Å². The Kier molecular flexibility index (Phi) is 7.11. The molecular formula is C19H24N2O3. The van der Waals surface area contributed by atoms with Gasteiger partial charge < -0.3 is 20.1 Å². The monoisotopic (exact) mass is 328 g/mol. The van der Waals surface area contributed by atoms with Crippen LogP contribution in [0.15, 0.2) is 48.5 Å². The second kappa shape index (κ2) is 9.57. The first-order chi connectivity index (χ1) is 11.7. The molecule has 0 fully saturated rings. The fourth-order valence-corrected chi connectivity index (χ4v) is 2.37. The molecule has 0 heterocycles. The minimum Gasteiger partial charge on any atom is -0.497 e. The molecule has 2 aromatic carbocycles. The van der Waals surface area contributed by atoms with E-state index in [0.717, 1.165) is 29.0 Å². The van der Waals surface area contributed by atoms with E-state index in [-0.39, 0.29) is 12.5 Å². The lowest BCUT2D eigenvalue weighted by Crippen LogP contribution is -2.34. The third kappa shape index (κ3) is 5.59. The van der Waals surface area contributed by atoms with Crippen molar-refractivity contribution in [3.05, 3.63) is 59.7 Å². The topological polar surface area (TPSA) is 59.6 Å². The van der Waals surface area contributed by atoms with Gasteiger partial charge in [0.2, 0.25) is 5.91 Å². The molecule has 0 unspecified atom stereocenters. The third-order valence-electron chi connectivity index (χ3n) is 3.68. The first-order valence-corrected chi connectivity index (χ1v) is 7.95. The van der Waals surface area contributed by atoms with Gasteiger partial charge in [0.1, 0.15) is 11.5 Å². The molecule has 5 heteroatoms. The Balaban J connectivity index is 1.66. The van der Waals surface area contributed by atoms with Gasteiger partial charge in [-0.05, 0) is 35.7 Å². The zero-order valence-corrected chi connectivity index (χ0v) is 14.2. The highest BCUT2D eigenvalue weighted by molar-refractivity contribution is 5.77. The Bertz CT molecular complexity index is 641. The first kappa shape index (κ1) is 17.8. The predicted octanol–water partition coefficient (Wildman–Crippen LogP) is 2.15. The van der Waals surface area contributed by atoms with Crippen molar-refractivity contribution in [2.75, 3.05) is 27.3 Å². The Morgan fingerprint density at radius 1 is 1.00 bits per heavy atom. The smallest absolute Gasteiger partial charge is 0.233 e. The van der Waals surface area contributed by atoms with E-state index in [9.17, 15) is 4.79 Å². The van der Waals surface area contributed by atoms with Gasteiger partial charge >= 0.3 is 0 Å². The van der Waals surface area contributed by atoms with Gasteiger partial charge in [-0.25, -0.2) is 0 Å². The number of benzene rings is 2. The van der Waals surface area contributed by atoms with E-state index in [1.165, 1.54) is 0 Å². The molecule has 0 radical (unpaired) electrons. The van der Waals surface area contributed by atoms with Crippen LogP contribution in [0.4, 0.5) is 0 Å². The van der Waals surface area contributed by atoms with Crippen LogP contribution in [-0.2, 0) is 17.8 Å². The fraction of sp³-hybridized carbons (Fsp3) is 0.316. The van der Waals surface area contributed by atoms with Gasteiger partial charge in [-0.3, -0.25) is 4.79 Å². The number of methoxy groups -OCH3 is 2. The first-order valence-electron chi connectivity index (χ1n) is 7.95. The molecule has 1 amide bonds. The van der Waals surface area contributed by atoms with Gasteiger partial charge in [-0.1, -0.05) is 30.3 Å². The molecule has 24 heavy (non-hydrogen) atoms. The van der Waals surface area contributed by atoms with Crippen LogP contribution >= 0.6 is 0 Å². The lowest BCUT2D eigenvalue weighted by molar-refractivity contribution is -0.120. The summed E-state index contributed by atoms with van der Waals surface area (Å²) < 4.78 is 10.4. The second-order valence-electron chi connectivity index (χ2n) is 5.36. The third-order valence-corrected chi connectivity index (χ3v) is 3.68. The lowest BCUT2D eigenvalue weighted by Gasteiger charge is -2.10. The fourth-order valence-electron chi connectivity index (χ4n) is 2.37. The summed E-state index contributed by atoms with van der Waals surface area (Å²) in [4.78, 5) is 11.9. The van der Waals surface area contributed by atoms with Gasteiger partial charge in [0.15, 0.2) is 0 Å². The zero-order valence-electron chi connectivity index (χ0n) is 14.2. The van der Waals surface area contributed by atoms with Crippen molar-refractivity contribution < 1.29 is 14.3 Å². The molecule has 0 aliphatic carbocycles. The van der Waals surface area contributed by atoms with Gasteiger partial charge in [0, 0.05) is 13.1 Å². The van der Waals surface area contributed by atoms with Gasteiger partial charge in [-0.2, -0.15) is 0 Å². The molecule has 0 spiro atoms. The number of para-hydroxylation sites is 1. The minimum atomic E-state index is -0.0154. The zero-order chi connectivity index (χ0) is 17.2. The number of hydrogen-bond donors (Lipinski definition) is 2. The van der Waals surface area contributed by atoms with Crippen LogP contribution < -0.4 is 20.1 Å². The number of carbonyl (C=O) groups excluding carboxylic acids is 1. The largest absolute Gasteiger partial charge is 0.497 e. The maximum atomic E-state index is 11.9. The normalized spacial score (nSPS) is 10.2. The van der Waals surface area contributed by atoms with Crippen LogP contribution in [-0.4, -0.2) is 33.2 Å². The molecule has 0 bridgehead atoms. The highest BCUT2D eigenvalue weighted by atomic mass is 16.5. The van der Waals surface area contributed by atoms with Crippen LogP contribution in [0, 0.1) is 0 Å². The molecule has 2 aromatic rings. The Labute approximate surface area is 143 Å². The van der Waals surface area contributed by atoms with E-state index >= 15 is 0 Å². The van der Waals surface area contributed by atoms with E-state index in [0.29, 0.717) is 13.1 Å². The van der Waals surface area contributed by atoms with Gasteiger partial charge in [0.05, 0.1) is 20.8 Å². The molecule has 0 saturated heterocycles. The number of carbonyl (C=O) groups is 1. The number of nitrogens with one attached hydrogen (secondary N) is 2. The average Bonchev–Trinajstić information content (AvgIpc) is 2.62. The summed E-state index contributed by atoms with van der Waals surface area (Å²) in [5.74, 6) is 1.66. The van der Waals surface area contributed by atoms with Gasteiger partial charge in [-0.15, -0.1) is 0 Å². The summed E-state index contributed by atoms with van der Waals surface area (Å²) in [5.41, 5.74) is 2.20. The summed E-state index contributed by atoms with van der Waals surface area (Å²) in [6.07, 6.45) is 0.744. The number of rotatable bonds is 9. The highest BCUT2D eigenvalue weighted by Crippen LogP contribution is 2.17. The maximum absolute atomic E-state index is 11.9. The molecular weight excluding hydrogens is 304 g/mol. The molecule has 0 saturated carbocycles. The molecule has 0 aromatic heterocycles. The summed E-state index contributed by atoms with van der Waals surface area (Å²) in [6.45, 7) is 1.52. The molecule has 0 atom stereocenters. The molecule has 0 aliphatic heterocycles. The predicted molar refractivity (Wildman–Crippen MR) is 94.4 cm³/mol. The van der Waals surface area contributed by atoms with E-state index in [2.05, 4.69) is 10.6 Å². The summed E-state index contributed by atoms with van der Waals surface area (Å²) in [5, 5.41) is 6.04. The summed E-state index contributed by atoms with van der Waals surface area (Å²) >= 11 is 0. The maximum Gasteiger partial charge on any atom is 0.233 e. The van der Waals surface area contributed by atoms with Crippen molar-refractivity contribution in [1.29, 1.82) is 0 Å². The van der Waals surface area contributed by atoms with E-state index < -0.39 is 0 Å². The van der Waals surface area contributed by atoms with E-state index in [1.807, 2.05) is 48.5 Å². The summed E-state index contributed by atoms with van der Waals surface area (Å²) in [6, 6.07) is 15.6. The standard InChI is InChI=1S/C19H24N2O3/c1-23-17-9-7-15(8-10-17)13-20-14-19(22)21-12-11-16-5-3-4-6-18(16)24-2/h3-10,20H,11-14H2,1-2H3,(H,21,22). The van der Waals surface area contributed by atoms with Gasteiger partial charge in [0.25, 0.3) is 0 Å². The van der Waals surface area contributed by atoms with Crippen molar-refractivity contribution >= 4 is 5.91 Å². The van der Waals surface area contributed by atoms with Crippen molar-refractivity contribution in [3.8, 4) is 11.5 Å². The molecule has 0 aliphatic rings.